The Hall–Kier alpha value is -0.980. The molecule has 2 saturated heterocycles. The summed E-state index contributed by atoms with van der Waals surface area (Å²) in [5, 5.41) is 7.66. The van der Waals surface area contributed by atoms with Gasteiger partial charge in [-0.3, -0.25) is 0 Å². The molecule has 21 heavy (non-hydrogen) atoms. The molecule has 1 aromatic heterocycles. The van der Waals surface area contributed by atoms with Crippen LogP contribution in [0.3, 0.4) is 0 Å². The zero-order chi connectivity index (χ0) is 14.7. The normalized spacial score (nSPS) is 25.0. The lowest BCUT2D eigenvalue weighted by atomic mass is 9.89. The second kappa shape index (κ2) is 6.42. The summed E-state index contributed by atoms with van der Waals surface area (Å²) < 4.78 is 14.0. The molecule has 6 nitrogen and oxygen atoms in total. The number of hydrogen-bond donors (Lipinski definition) is 1. The van der Waals surface area contributed by atoms with Gasteiger partial charge >= 0.3 is 0 Å². The lowest BCUT2D eigenvalue weighted by Crippen LogP contribution is -2.41. The topological polar surface area (TPSA) is 61.2 Å². The van der Waals surface area contributed by atoms with Crippen molar-refractivity contribution in [3.05, 3.63) is 12.2 Å². The van der Waals surface area contributed by atoms with E-state index in [1.165, 1.54) is 0 Å². The summed E-state index contributed by atoms with van der Waals surface area (Å²) in [6.07, 6.45) is 4.99. The fourth-order valence-electron chi connectivity index (χ4n) is 3.23. The van der Waals surface area contributed by atoms with Crippen LogP contribution < -0.4 is 5.32 Å². The molecule has 6 heteroatoms. The summed E-state index contributed by atoms with van der Waals surface area (Å²) in [4.78, 5) is 4.31. The summed E-state index contributed by atoms with van der Waals surface area (Å²) in [7, 11) is 0. The van der Waals surface area contributed by atoms with Crippen molar-refractivity contribution in [1.82, 2.24) is 20.1 Å². The van der Waals surface area contributed by atoms with Gasteiger partial charge in [-0.2, -0.15) is 5.10 Å². The Morgan fingerprint density at radius 3 is 3.05 bits per heavy atom. The summed E-state index contributed by atoms with van der Waals surface area (Å²) in [6.45, 7) is 8.57. The molecule has 2 aliphatic rings. The van der Waals surface area contributed by atoms with E-state index in [4.69, 9.17) is 9.47 Å². The number of rotatable bonds is 5. The number of piperidine rings is 1. The molecule has 2 aliphatic heterocycles. The predicted molar refractivity (Wildman–Crippen MR) is 78.8 cm³/mol. The predicted octanol–water partition coefficient (Wildman–Crippen LogP) is 1.36. The van der Waals surface area contributed by atoms with Crippen molar-refractivity contribution in [3.8, 4) is 0 Å². The van der Waals surface area contributed by atoms with E-state index < -0.39 is 0 Å². The van der Waals surface area contributed by atoms with Crippen molar-refractivity contribution in [1.29, 1.82) is 0 Å². The molecule has 0 aliphatic carbocycles. The molecule has 1 spiro atoms. The van der Waals surface area contributed by atoms with E-state index in [9.17, 15) is 0 Å². The van der Waals surface area contributed by atoms with Gasteiger partial charge in [0.15, 0.2) is 5.82 Å². The number of nitrogens with one attached hydrogen (secondary N) is 1. The summed E-state index contributed by atoms with van der Waals surface area (Å²) in [5.74, 6) is 1.47. The molecule has 3 heterocycles. The van der Waals surface area contributed by atoms with Crippen molar-refractivity contribution in [3.63, 3.8) is 0 Å². The van der Waals surface area contributed by atoms with E-state index in [1.807, 2.05) is 4.68 Å². The van der Waals surface area contributed by atoms with Crippen LogP contribution in [0.1, 0.15) is 38.9 Å². The van der Waals surface area contributed by atoms with Gasteiger partial charge in [-0.15, -0.1) is 0 Å². The molecule has 0 bridgehead atoms. The fourth-order valence-corrected chi connectivity index (χ4v) is 3.23. The van der Waals surface area contributed by atoms with Gasteiger partial charge in [0.25, 0.3) is 0 Å². The van der Waals surface area contributed by atoms with Crippen LogP contribution in [0.25, 0.3) is 0 Å². The minimum Gasteiger partial charge on any atom is -0.372 e. The maximum Gasteiger partial charge on any atom is 0.152 e. The Morgan fingerprint density at radius 1 is 1.48 bits per heavy atom. The second-order valence-electron chi connectivity index (χ2n) is 6.63. The molecule has 0 radical (unpaired) electrons. The molecular formula is C15H26N4O2. The number of ether oxygens (including phenoxy) is 2. The minimum atomic E-state index is 0.0571. The fraction of sp³-hybridized carbons (Fsp3) is 0.867. The number of hydrogen-bond acceptors (Lipinski definition) is 5. The van der Waals surface area contributed by atoms with E-state index in [0.29, 0.717) is 19.1 Å². The molecule has 2 fully saturated rings. The average Bonchev–Trinajstić information content (AvgIpc) is 3.05. The third-order valence-electron chi connectivity index (χ3n) is 4.37. The van der Waals surface area contributed by atoms with E-state index in [-0.39, 0.29) is 11.7 Å². The van der Waals surface area contributed by atoms with Gasteiger partial charge in [0.2, 0.25) is 0 Å². The average molecular weight is 294 g/mol. The largest absolute Gasteiger partial charge is 0.372 e. The number of nitrogens with zero attached hydrogens (tertiary/aromatic N) is 3. The van der Waals surface area contributed by atoms with Gasteiger partial charge in [0, 0.05) is 13.0 Å². The molecule has 0 amide bonds. The van der Waals surface area contributed by atoms with Crippen LogP contribution in [-0.4, -0.2) is 46.2 Å². The van der Waals surface area contributed by atoms with Crippen molar-refractivity contribution in [2.24, 2.45) is 5.92 Å². The minimum absolute atomic E-state index is 0.0571. The molecule has 1 atom stereocenters. The highest BCUT2D eigenvalue weighted by molar-refractivity contribution is 4.94. The Bertz CT molecular complexity index is 454. The standard InChI is InChI=1S/C15H26N4O2/c1-12(2)8-19-14(17-11-18-19)10-20-13-7-15(21-9-13)3-5-16-6-4-15/h11-13,16H,3-10H2,1-2H3. The molecule has 0 aromatic carbocycles. The monoisotopic (exact) mass is 294 g/mol. The zero-order valence-electron chi connectivity index (χ0n) is 13.0. The van der Waals surface area contributed by atoms with E-state index in [2.05, 4.69) is 29.2 Å². The first kappa shape index (κ1) is 14.9. The van der Waals surface area contributed by atoms with Crippen molar-refractivity contribution >= 4 is 0 Å². The highest BCUT2D eigenvalue weighted by atomic mass is 16.6. The Balaban J connectivity index is 1.51. The lowest BCUT2D eigenvalue weighted by Gasteiger charge is -2.32. The molecule has 0 saturated carbocycles. The smallest absolute Gasteiger partial charge is 0.152 e. The third kappa shape index (κ3) is 3.62. The van der Waals surface area contributed by atoms with Crippen molar-refractivity contribution in [2.75, 3.05) is 19.7 Å². The van der Waals surface area contributed by atoms with E-state index in [1.54, 1.807) is 6.33 Å². The first-order chi connectivity index (χ1) is 10.2. The molecule has 3 rings (SSSR count). The Labute approximate surface area is 126 Å². The first-order valence-electron chi connectivity index (χ1n) is 8.00. The molecule has 118 valence electrons. The van der Waals surface area contributed by atoms with Gasteiger partial charge in [0.1, 0.15) is 12.9 Å². The zero-order valence-corrected chi connectivity index (χ0v) is 13.0. The second-order valence-corrected chi connectivity index (χ2v) is 6.63. The van der Waals surface area contributed by atoms with Crippen LogP contribution in [-0.2, 0) is 22.6 Å². The van der Waals surface area contributed by atoms with Crippen molar-refractivity contribution in [2.45, 2.75) is 58.0 Å². The van der Waals surface area contributed by atoms with Crippen LogP contribution in [0, 0.1) is 5.92 Å². The molecule has 1 N–H and O–H groups in total. The van der Waals surface area contributed by atoms with E-state index >= 15 is 0 Å². The summed E-state index contributed by atoms with van der Waals surface area (Å²) in [5.41, 5.74) is 0.0571. The van der Waals surface area contributed by atoms with E-state index in [0.717, 1.165) is 44.7 Å². The van der Waals surface area contributed by atoms with Gasteiger partial charge in [-0.1, -0.05) is 13.8 Å². The van der Waals surface area contributed by atoms with Gasteiger partial charge in [-0.25, -0.2) is 9.67 Å². The van der Waals surface area contributed by atoms with Crippen LogP contribution in [0.2, 0.25) is 0 Å². The molecular weight excluding hydrogens is 268 g/mol. The maximum atomic E-state index is 6.05. The highest BCUT2D eigenvalue weighted by Crippen LogP contribution is 2.35. The van der Waals surface area contributed by atoms with Crippen LogP contribution >= 0.6 is 0 Å². The van der Waals surface area contributed by atoms with Gasteiger partial charge in [0.05, 0.1) is 18.3 Å². The van der Waals surface area contributed by atoms with Crippen LogP contribution in [0.5, 0.6) is 0 Å². The quantitative estimate of drug-likeness (QED) is 0.888. The van der Waals surface area contributed by atoms with Crippen LogP contribution in [0.4, 0.5) is 0 Å². The summed E-state index contributed by atoms with van der Waals surface area (Å²) in [6, 6.07) is 0. The van der Waals surface area contributed by atoms with Crippen molar-refractivity contribution < 1.29 is 9.47 Å². The SMILES string of the molecule is CC(C)Cn1ncnc1COC1COC2(CCNCC2)C1. The highest BCUT2D eigenvalue weighted by Gasteiger charge is 2.41. The lowest BCUT2D eigenvalue weighted by molar-refractivity contribution is -0.0244. The Morgan fingerprint density at radius 2 is 2.29 bits per heavy atom. The summed E-state index contributed by atoms with van der Waals surface area (Å²) >= 11 is 0. The first-order valence-corrected chi connectivity index (χ1v) is 8.00. The van der Waals surface area contributed by atoms with Crippen LogP contribution in [0.15, 0.2) is 6.33 Å². The third-order valence-corrected chi connectivity index (χ3v) is 4.37. The molecule has 1 unspecified atom stereocenters. The van der Waals surface area contributed by atoms with Gasteiger partial charge < -0.3 is 14.8 Å². The number of aromatic nitrogens is 3. The maximum absolute atomic E-state index is 6.05. The Kier molecular flexibility index (Phi) is 4.57. The molecule has 1 aromatic rings. The van der Waals surface area contributed by atoms with Gasteiger partial charge in [-0.05, 0) is 31.8 Å².